The molecule has 0 amide bonds. The van der Waals surface area contributed by atoms with Gasteiger partial charge < -0.3 is 14.2 Å². The van der Waals surface area contributed by atoms with Gasteiger partial charge in [0.05, 0.1) is 24.2 Å². The van der Waals surface area contributed by atoms with Crippen LogP contribution in [0.1, 0.15) is 5.56 Å². The number of hydrogen-bond acceptors (Lipinski definition) is 9. The standard InChI is InChI=1S/C22H21ClN4O6S2/c1-13-8-18(23)34-22(13)35(29,30)26-16-9-15(10-25-20(16)32-3)14-4-5-19-24-11-17(33-7-6-31-2)21(28)27(19)12-14/h4-5,8-12,26H,6-7H2,1-3H3. The van der Waals surface area contributed by atoms with Crippen LogP contribution in [-0.4, -0.2) is 50.2 Å². The van der Waals surface area contributed by atoms with E-state index in [1.165, 1.54) is 31.0 Å². The molecule has 0 saturated carbocycles. The molecule has 0 radical (unpaired) electrons. The Kier molecular flexibility index (Phi) is 7.26. The van der Waals surface area contributed by atoms with E-state index in [0.717, 1.165) is 11.3 Å². The van der Waals surface area contributed by atoms with E-state index >= 15 is 0 Å². The molecular weight excluding hydrogens is 516 g/mol. The predicted molar refractivity (Wildman–Crippen MR) is 133 cm³/mol. The van der Waals surface area contributed by atoms with Gasteiger partial charge in [-0.1, -0.05) is 11.6 Å². The summed E-state index contributed by atoms with van der Waals surface area (Å²) in [5, 5.41) is 0. The lowest BCUT2D eigenvalue weighted by atomic mass is 10.1. The van der Waals surface area contributed by atoms with Crippen LogP contribution < -0.4 is 19.8 Å². The fourth-order valence-corrected chi connectivity index (χ4v) is 6.31. The summed E-state index contributed by atoms with van der Waals surface area (Å²) in [7, 11) is -1.02. The third kappa shape index (κ3) is 5.25. The third-order valence-electron chi connectivity index (χ3n) is 4.92. The van der Waals surface area contributed by atoms with E-state index in [2.05, 4.69) is 14.7 Å². The first kappa shape index (κ1) is 24.9. The highest BCUT2D eigenvalue weighted by atomic mass is 35.5. The van der Waals surface area contributed by atoms with Crippen LogP contribution in [0.25, 0.3) is 16.8 Å². The van der Waals surface area contributed by atoms with Crippen molar-refractivity contribution in [1.29, 1.82) is 0 Å². The minimum Gasteiger partial charge on any atom is -0.484 e. The molecule has 0 aromatic carbocycles. The largest absolute Gasteiger partial charge is 0.484 e. The maximum absolute atomic E-state index is 13.0. The molecule has 0 saturated heterocycles. The number of thiophene rings is 1. The van der Waals surface area contributed by atoms with E-state index in [1.54, 1.807) is 37.4 Å². The molecule has 35 heavy (non-hydrogen) atoms. The number of halogens is 1. The van der Waals surface area contributed by atoms with Gasteiger partial charge in [0.1, 0.15) is 22.2 Å². The highest BCUT2D eigenvalue weighted by Crippen LogP contribution is 2.34. The molecule has 4 heterocycles. The van der Waals surface area contributed by atoms with Crippen molar-refractivity contribution in [3.8, 4) is 22.8 Å². The van der Waals surface area contributed by atoms with Gasteiger partial charge in [-0.2, -0.15) is 0 Å². The number of aromatic nitrogens is 3. The van der Waals surface area contributed by atoms with Crippen LogP contribution in [0, 0.1) is 6.92 Å². The van der Waals surface area contributed by atoms with Crippen molar-refractivity contribution in [2.45, 2.75) is 11.1 Å². The van der Waals surface area contributed by atoms with Crippen LogP contribution in [0.5, 0.6) is 11.6 Å². The minimum absolute atomic E-state index is 0.0861. The van der Waals surface area contributed by atoms with Crippen LogP contribution in [0.4, 0.5) is 5.69 Å². The summed E-state index contributed by atoms with van der Waals surface area (Å²) in [4.78, 5) is 21.4. The first-order valence-electron chi connectivity index (χ1n) is 10.2. The molecule has 4 rings (SSSR count). The van der Waals surface area contributed by atoms with Gasteiger partial charge in [-0.25, -0.2) is 18.4 Å². The summed E-state index contributed by atoms with van der Waals surface area (Å²) in [6, 6.07) is 6.58. The average molecular weight is 537 g/mol. The smallest absolute Gasteiger partial charge is 0.300 e. The predicted octanol–water partition coefficient (Wildman–Crippen LogP) is 3.61. The van der Waals surface area contributed by atoms with E-state index in [9.17, 15) is 13.2 Å². The number of nitrogens with zero attached hydrogens (tertiary/aromatic N) is 3. The van der Waals surface area contributed by atoms with Gasteiger partial charge in [-0.15, -0.1) is 11.3 Å². The minimum atomic E-state index is -3.94. The number of sulfonamides is 1. The summed E-state index contributed by atoms with van der Waals surface area (Å²) >= 11 is 6.94. The molecule has 0 unspecified atom stereocenters. The number of aryl methyl sites for hydroxylation is 1. The van der Waals surface area contributed by atoms with E-state index < -0.39 is 10.0 Å². The Hall–Kier alpha value is -3.19. The van der Waals surface area contributed by atoms with Gasteiger partial charge >= 0.3 is 0 Å². The quantitative estimate of drug-likeness (QED) is 0.322. The molecule has 4 aromatic rings. The Balaban J connectivity index is 1.73. The zero-order chi connectivity index (χ0) is 25.2. The van der Waals surface area contributed by atoms with E-state index in [4.69, 9.17) is 25.8 Å². The Labute approximate surface area is 210 Å². The molecule has 0 aliphatic rings. The summed E-state index contributed by atoms with van der Waals surface area (Å²) in [6.45, 7) is 2.20. The topological polar surface area (TPSA) is 121 Å². The Morgan fingerprint density at radius 1 is 1.11 bits per heavy atom. The summed E-state index contributed by atoms with van der Waals surface area (Å²) in [5.41, 5.74) is 1.84. The summed E-state index contributed by atoms with van der Waals surface area (Å²) in [5.74, 6) is 0.175. The first-order chi connectivity index (χ1) is 16.7. The van der Waals surface area contributed by atoms with Crippen LogP contribution in [0.15, 0.2) is 51.9 Å². The van der Waals surface area contributed by atoms with Crippen LogP contribution in [-0.2, 0) is 14.8 Å². The third-order valence-corrected chi connectivity index (χ3v) is 8.29. The number of hydrogen-bond donors (Lipinski definition) is 1. The maximum atomic E-state index is 13.0. The van der Waals surface area contributed by atoms with Crippen molar-refractivity contribution in [3.63, 3.8) is 0 Å². The lowest BCUT2D eigenvalue weighted by molar-refractivity contribution is 0.145. The fourth-order valence-electron chi connectivity index (χ4n) is 3.30. The van der Waals surface area contributed by atoms with Gasteiger partial charge in [-0.3, -0.25) is 13.9 Å². The number of fused-ring (bicyclic) bond motifs is 1. The van der Waals surface area contributed by atoms with Crippen molar-refractivity contribution in [1.82, 2.24) is 14.4 Å². The molecule has 0 atom stereocenters. The van der Waals surface area contributed by atoms with Gasteiger partial charge in [-0.05, 0) is 36.8 Å². The number of anilines is 1. The number of ether oxygens (including phenoxy) is 3. The van der Waals surface area contributed by atoms with Crippen LogP contribution >= 0.6 is 22.9 Å². The zero-order valence-electron chi connectivity index (χ0n) is 18.9. The molecule has 10 nitrogen and oxygen atoms in total. The number of nitrogens with one attached hydrogen (secondary N) is 1. The number of rotatable bonds is 9. The first-order valence-corrected chi connectivity index (χ1v) is 12.9. The second kappa shape index (κ2) is 10.2. The van der Waals surface area contributed by atoms with E-state index in [1.807, 2.05) is 0 Å². The lowest BCUT2D eigenvalue weighted by Crippen LogP contribution is -2.19. The van der Waals surface area contributed by atoms with Crippen molar-refractivity contribution >= 4 is 44.3 Å². The molecule has 0 spiro atoms. The second-order valence-corrected chi connectivity index (χ2v) is 10.9. The Bertz CT molecular complexity index is 1550. The van der Waals surface area contributed by atoms with E-state index in [0.29, 0.717) is 33.3 Å². The lowest BCUT2D eigenvalue weighted by Gasteiger charge is -2.13. The van der Waals surface area contributed by atoms with Crippen LogP contribution in [0.2, 0.25) is 4.34 Å². The normalized spacial score (nSPS) is 11.5. The van der Waals surface area contributed by atoms with Crippen molar-refractivity contribution < 1.29 is 22.6 Å². The molecule has 184 valence electrons. The molecule has 0 aliphatic carbocycles. The molecule has 0 aliphatic heterocycles. The summed E-state index contributed by atoms with van der Waals surface area (Å²) in [6.07, 6.45) is 4.47. The van der Waals surface area contributed by atoms with E-state index in [-0.39, 0.29) is 33.7 Å². The number of methoxy groups -OCH3 is 2. The fraction of sp³-hybridized carbons (Fsp3) is 0.227. The Morgan fingerprint density at radius 2 is 1.91 bits per heavy atom. The molecule has 0 fully saturated rings. The van der Waals surface area contributed by atoms with Crippen molar-refractivity contribution in [2.24, 2.45) is 0 Å². The highest BCUT2D eigenvalue weighted by Gasteiger charge is 2.23. The highest BCUT2D eigenvalue weighted by molar-refractivity contribution is 7.94. The molecular formula is C22H21ClN4O6S2. The molecule has 13 heteroatoms. The summed E-state index contributed by atoms with van der Waals surface area (Å²) < 4.78 is 46.0. The van der Waals surface area contributed by atoms with Gasteiger partial charge in [0.15, 0.2) is 0 Å². The van der Waals surface area contributed by atoms with Gasteiger partial charge in [0.25, 0.3) is 15.6 Å². The molecule has 1 N–H and O–H groups in total. The average Bonchev–Trinajstić information content (AvgIpc) is 3.19. The zero-order valence-corrected chi connectivity index (χ0v) is 21.3. The SMILES string of the molecule is COCCOc1cnc2ccc(-c3cnc(OC)c(NS(=O)(=O)c4sc(Cl)cc4C)c3)cn2c1=O. The molecule has 4 aromatic heterocycles. The number of pyridine rings is 2. The van der Waals surface area contributed by atoms with Crippen molar-refractivity contribution in [2.75, 3.05) is 32.2 Å². The van der Waals surface area contributed by atoms with Crippen molar-refractivity contribution in [3.05, 3.63) is 63.1 Å². The Morgan fingerprint density at radius 3 is 2.60 bits per heavy atom. The maximum Gasteiger partial charge on any atom is 0.300 e. The second-order valence-electron chi connectivity index (χ2n) is 7.32. The molecule has 0 bridgehead atoms. The van der Waals surface area contributed by atoms with Gasteiger partial charge in [0.2, 0.25) is 11.6 Å². The van der Waals surface area contributed by atoms with Crippen LogP contribution in [0.3, 0.4) is 0 Å². The monoisotopic (exact) mass is 536 g/mol. The van der Waals surface area contributed by atoms with Gasteiger partial charge in [0, 0.05) is 30.6 Å².